The predicted molar refractivity (Wildman–Crippen MR) is 102 cm³/mol. The minimum absolute atomic E-state index is 0.383. The third-order valence-corrected chi connectivity index (χ3v) is 4.58. The molecule has 4 unspecified atom stereocenters. The van der Waals surface area contributed by atoms with Gasteiger partial charge in [-0.3, -0.25) is 0 Å². The van der Waals surface area contributed by atoms with Crippen molar-refractivity contribution in [2.45, 2.75) is 51.1 Å². The molecule has 8 heteroatoms. The molecule has 0 aromatic heterocycles. The van der Waals surface area contributed by atoms with Gasteiger partial charge < -0.3 is 15.4 Å². The van der Waals surface area contributed by atoms with Crippen LogP contribution < -0.4 is 10.6 Å². The molecule has 140 valence electrons. The standard InChI is InChI=1S/C18H23ClFN5O/c1-3-21-25-17(22-13-5-6-13)9-16(24-18(25)11(2)10-26)23-15-8-12(19)4-7-14(15)20/h3-4,7-11,13-15,18,22H,5-6H2,1-2H3,(H,23,24)/b21-3-. The van der Waals surface area contributed by atoms with Gasteiger partial charge in [0.2, 0.25) is 0 Å². The Hall–Kier alpha value is -2.15. The minimum Gasteiger partial charge on any atom is -0.367 e. The predicted octanol–water partition coefficient (Wildman–Crippen LogP) is 2.45. The van der Waals surface area contributed by atoms with Crippen molar-refractivity contribution in [3.63, 3.8) is 0 Å². The zero-order valence-electron chi connectivity index (χ0n) is 14.8. The summed E-state index contributed by atoms with van der Waals surface area (Å²) < 4.78 is 14.2. The van der Waals surface area contributed by atoms with Gasteiger partial charge in [0, 0.05) is 23.4 Å². The molecule has 0 aromatic rings. The molecular weight excluding hydrogens is 357 g/mol. The molecule has 1 aliphatic heterocycles. The van der Waals surface area contributed by atoms with Crippen LogP contribution in [0.1, 0.15) is 26.7 Å². The van der Waals surface area contributed by atoms with Gasteiger partial charge in [0.05, 0.1) is 12.0 Å². The number of hydrazone groups is 1. The summed E-state index contributed by atoms with van der Waals surface area (Å²) in [6.07, 6.45) is 9.34. The molecule has 2 N–H and O–H groups in total. The van der Waals surface area contributed by atoms with Crippen LogP contribution in [-0.4, -0.2) is 47.8 Å². The maximum atomic E-state index is 14.2. The number of carbonyl (C=O) groups is 1. The van der Waals surface area contributed by atoms with Gasteiger partial charge in [-0.15, -0.1) is 0 Å². The average Bonchev–Trinajstić information content (AvgIpc) is 3.43. The molecule has 0 aromatic carbocycles. The Balaban J connectivity index is 1.87. The van der Waals surface area contributed by atoms with E-state index in [0.717, 1.165) is 24.9 Å². The monoisotopic (exact) mass is 379 g/mol. The normalized spacial score (nSPS) is 29.8. The van der Waals surface area contributed by atoms with E-state index in [2.05, 4.69) is 20.7 Å². The lowest BCUT2D eigenvalue weighted by atomic mass is 10.1. The molecule has 4 atom stereocenters. The Morgan fingerprint density at radius 2 is 2.23 bits per heavy atom. The third kappa shape index (κ3) is 4.33. The fourth-order valence-corrected chi connectivity index (χ4v) is 2.98. The first kappa shape index (κ1) is 18.6. The fraction of sp³-hybridized carbons (Fsp3) is 0.500. The number of aldehydes is 1. The fourth-order valence-electron chi connectivity index (χ4n) is 2.78. The van der Waals surface area contributed by atoms with Crippen molar-refractivity contribution in [3.8, 4) is 0 Å². The van der Waals surface area contributed by atoms with E-state index in [4.69, 9.17) is 11.6 Å². The summed E-state index contributed by atoms with van der Waals surface area (Å²) in [6.45, 7) is 3.60. The number of nitrogens with one attached hydrogen (secondary N) is 2. The lowest BCUT2D eigenvalue weighted by Crippen LogP contribution is -2.48. The highest BCUT2D eigenvalue weighted by molar-refractivity contribution is 6.31. The van der Waals surface area contributed by atoms with Crippen molar-refractivity contribution in [1.82, 2.24) is 15.6 Å². The second kappa shape index (κ2) is 8.03. The quantitative estimate of drug-likeness (QED) is 0.549. The zero-order chi connectivity index (χ0) is 18.7. The lowest BCUT2D eigenvalue weighted by molar-refractivity contribution is -0.112. The molecule has 1 saturated carbocycles. The lowest BCUT2D eigenvalue weighted by Gasteiger charge is -2.35. The van der Waals surface area contributed by atoms with Crippen LogP contribution in [0.25, 0.3) is 0 Å². The molecule has 0 amide bonds. The summed E-state index contributed by atoms with van der Waals surface area (Å²) in [5.41, 5.74) is 0. The SMILES string of the molecule is C/C=N\N1C(NC2CC2)=CC(NC2C=C(Cl)C=CC2F)=NC1C(C)C=O. The highest BCUT2D eigenvalue weighted by Gasteiger charge is 2.33. The highest BCUT2D eigenvalue weighted by Crippen LogP contribution is 2.26. The van der Waals surface area contributed by atoms with Crippen LogP contribution in [0.5, 0.6) is 0 Å². The largest absolute Gasteiger partial charge is 0.367 e. The first-order valence-corrected chi connectivity index (χ1v) is 9.15. The molecule has 3 aliphatic rings. The van der Waals surface area contributed by atoms with E-state index < -0.39 is 18.4 Å². The second-order valence-corrected chi connectivity index (χ2v) is 7.05. The molecule has 3 rings (SSSR count). The number of rotatable bonds is 6. The zero-order valence-corrected chi connectivity index (χ0v) is 15.5. The van der Waals surface area contributed by atoms with Gasteiger partial charge in [0.25, 0.3) is 0 Å². The summed E-state index contributed by atoms with van der Waals surface area (Å²) in [7, 11) is 0. The van der Waals surface area contributed by atoms with Gasteiger partial charge in [-0.25, -0.2) is 14.4 Å². The maximum Gasteiger partial charge on any atom is 0.155 e. The molecular formula is C18H23ClFN5O. The van der Waals surface area contributed by atoms with Crippen LogP contribution in [0.3, 0.4) is 0 Å². The first-order chi connectivity index (χ1) is 12.5. The Morgan fingerprint density at radius 1 is 1.46 bits per heavy atom. The van der Waals surface area contributed by atoms with Gasteiger partial charge >= 0.3 is 0 Å². The molecule has 6 nitrogen and oxygen atoms in total. The van der Waals surface area contributed by atoms with Gasteiger partial charge in [-0.2, -0.15) is 5.10 Å². The summed E-state index contributed by atoms with van der Waals surface area (Å²) in [6, 6.07) is -0.221. The molecule has 0 spiro atoms. The molecule has 2 aliphatic carbocycles. The highest BCUT2D eigenvalue weighted by atomic mass is 35.5. The van der Waals surface area contributed by atoms with Gasteiger partial charge in [-0.05, 0) is 38.0 Å². The Kier molecular flexibility index (Phi) is 5.76. The van der Waals surface area contributed by atoms with Crippen molar-refractivity contribution in [2.24, 2.45) is 16.0 Å². The molecule has 1 fully saturated rings. The summed E-state index contributed by atoms with van der Waals surface area (Å²) in [5, 5.41) is 13.0. The molecule has 1 heterocycles. The first-order valence-electron chi connectivity index (χ1n) is 8.77. The van der Waals surface area contributed by atoms with Crippen LogP contribution in [0.2, 0.25) is 0 Å². The van der Waals surface area contributed by atoms with Gasteiger partial charge in [0.15, 0.2) is 6.17 Å². The Morgan fingerprint density at radius 3 is 2.88 bits per heavy atom. The number of amidine groups is 1. The van der Waals surface area contributed by atoms with Crippen molar-refractivity contribution < 1.29 is 9.18 Å². The Bertz CT molecular complexity index is 698. The van der Waals surface area contributed by atoms with E-state index >= 15 is 0 Å². The molecule has 0 bridgehead atoms. The number of halogens is 2. The summed E-state index contributed by atoms with van der Waals surface area (Å²) >= 11 is 5.99. The van der Waals surface area contributed by atoms with Crippen molar-refractivity contribution in [3.05, 3.63) is 35.2 Å². The minimum atomic E-state index is -1.21. The number of nitrogens with zero attached hydrogens (tertiary/aromatic N) is 3. The topological polar surface area (TPSA) is 69.1 Å². The van der Waals surface area contributed by atoms with E-state index in [1.165, 1.54) is 12.2 Å². The number of aliphatic imine (C=N–C) groups is 1. The average molecular weight is 380 g/mol. The van der Waals surface area contributed by atoms with E-state index in [0.29, 0.717) is 16.9 Å². The van der Waals surface area contributed by atoms with Crippen LogP contribution >= 0.6 is 11.6 Å². The molecule has 0 saturated heterocycles. The van der Waals surface area contributed by atoms with Crippen molar-refractivity contribution >= 4 is 29.9 Å². The molecule has 26 heavy (non-hydrogen) atoms. The van der Waals surface area contributed by atoms with Crippen LogP contribution in [-0.2, 0) is 4.79 Å². The number of hydrogen-bond acceptors (Lipinski definition) is 6. The number of alkyl halides is 1. The van der Waals surface area contributed by atoms with E-state index in [1.54, 1.807) is 30.3 Å². The Labute approximate surface area is 157 Å². The number of hydrogen-bond donors (Lipinski definition) is 2. The number of carbonyl (C=O) groups excluding carboxylic acids is 1. The van der Waals surface area contributed by atoms with Crippen molar-refractivity contribution in [2.75, 3.05) is 0 Å². The third-order valence-electron chi connectivity index (χ3n) is 4.33. The van der Waals surface area contributed by atoms with E-state index in [-0.39, 0.29) is 5.92 Å². The summed E-state index contributed by atoms with van der Waals surface area (Å²) in [4.78, 5) is 16.0. The van der Waals surface area contributed by atoms with Crippen LogP contribution in [0, 0.1) is 5.92 Å². The van der Waals surface area contributed by atoms with Gasteiger partial charge in [-0.1, -0.05) is 18.5 Å². The maximum absolute atomic E-state index is 14.2. The second-order valence-electron chi connectivity index (χ2n) is 6.61. The van der Waals surface area contributed by atoms with Gasteiger partial charge in [0.1, 0.15) is 24.1 Å². The summed E-state index contributed by atoms with van der Waals surface area (Å²) in [5.74, 6) is 0.864. The smallest absolute Gasteiger partial charge is 0.155 e. The van der Waals surface area contributed by atoms with E-state index in [9.17, 15) is 9.18 Å². The van der Waals surface area contributed by atoms with Crippen LogP contribution in [0.4, 0.5) is 4.39 Å². The molecule has 0 radical (unpaired) electrons. The van der Waals surface area contributed by atoms with Crippen LogP contribution in [0.15, 0.2) is 45.3 Å². The van der Waals surface area contributed by atoms with Crippen molar-refractivity contribution in [1.29, 1.82) is 0 Å². The number of allylic oxidation sites excluding steroid dienone is 2. The van der Waals surface area contributed by atoms with E-state index in [1.807, 2.05) is 6.92 Å².